The Labute approximate surface area is 172 Å². The van der Waals surface area contributed by atoms with Gasteiger partial charge in [-0.3, -0.25) is 4.79 Å². The molecule has 0 heterocycles. The van der Waals surface area contributed by atoms with Crippen molar-refractivity contribution in [2.24, 2.45) is 0 Å². The normalized spacial score (nSPS) is 11.8. The molecule has 0 aliphatic heterocycles. The van der Waals surface area contributed by atoms with Gasteiger partial charge in [-0.25, -0.2) is 9.59 Å². The van der Waals surface area contributed by atoms with Crippen molar-refractivity contribution in [3.05, 3.63) is 0 Å². The van der Waals surface area contributed by atoms with Crippen LogP contribution in [-0.2, 0) is 23.9 Å². The highest BCUT2D eigenvalue weighted by Gasteiger charge is 2.49. The number of unbranched alkanes of at least 4 members (excludes halogenated alkanes) is 6. The van der Waals surface area contributed by atoms with Gasteiger partial charge in [-0.2, -0.15) is 0 Å². The molecule has 0 bridgehead atoms. The lowest BCUT2D eigenvalue weighted by Crippen LogP contribution is -2.61. The van der Waals surface area contributed by atoms with Crippen molar-refractivity contribution in [2.75, 3.05) is 13.2 Å². The Balaban J connectivity index is 4.57. The van der Waals surface area contributed by atoms with Crippen LogP contribution in [0.4, 0.5) is 0 Å². The van der Waals surface area contributed by atoms with Crippen LogP contribution in [0.25, 0.3) is 0 Å². The number of hydrogen-bond donors (Lipinski definition) is 1. The Morgan fingerprint density at radius 1 is 0.786 bits per heavy atom. The van der Waals surface area contributed by atoms with Gasteiger partial charge in [0.25, 0.3) is 0 Å². The van der Waals surface area contributed by atoms with Crippen LogP contribution in [-0.4, -0.2) is 44.7 Å². The van der Waals surface area contributed by atoms with Crippen LogP contribution >= 0.6 is 0 Å². The van der Waals surface area contributed by atoms with E-state index >= 15 is 0 Å². The number of amides is 1. The summed E-state index contributed by atoms with van der Waals surface area (Å²) in [6.07, 6.45) is 7.74. The Hall–Kier alpha value is -1.37. The average Bonchev–Trinajstić information content (AvgIpc) is 2.58. The summed E-state index contributed by atoms with van der Waals surface area (Å²) in [5.74, 6) is -1.94. The molecule has 1 N–H and O–H groups in total. The van der Waals surface area contributed by atoms with Crippen LogP contribution in [0.15, 0.2) is 0 Å². The second-order valence-corrected chi connectivity index (χ2v) is 14.2. The molecule has 0 aliphatic rings. The number of esters is 2. The quantitative estimate of drug-likeness (QED) is 0.185. The standard InChI is InChI=1S/C21H41NO5Si/c1-7-26-19(24)21(22-18(3)23,20(25)27-8-2)16-14-12-10-9-11-13-15-17-28(4,5)6/h7-17H2,1-6H3,(H,22,23). The van der Waals surface area contributed by atoms with Crippen LogP contribution in [0.3, 0.4) is 0 Å². The van der Waals surface area contributed by atoms with E-state index < -0.39 is 31.5 Å². The van der Waals surface area contributed by atoms with Crippen LogP contribution in [0.1, 0.15) is 72.1 Å². The minimum atomic E-state index is -1.74. The van der Waals surface area contributed by atoms with Gasteiger partial charge in [-0.1, -0.05) is 64.2 Å². The zero-order chi connectivity index (χ0) is 21.6. The molecule has 0 rings (SSSR count). The van der Waals surface area contributed by atoms with Crippen LogP contribution < -0.4 is 5.32 Å². The van der Waals surface area contributed by atoms with Crippen LogP contribution in [0.2, 0.25) is 25.7 Å². The van der Waals surface area contributed by atoms with E-state index in [1.54, 1.807) is 13.8 Å². The summed E-state index contributed by atoms with van der Waals surface area (Å²) >= 11 is 0. The molecule has 28 heavy (non-hydrogen) atoms. The number of ether oxygens (including phenoxy) is 2. The van der Waals surface area contributed by atoms with Crippen molar-refractivity contribution in [3.8, 4) is 0 Å². The van der Waals surface area contributed by atoms with E-state index in [2.05, 4.69) is 25.0 Å². The monoisotopic (exact) mass is 415 g/mol. The van der Waals surface area contributed by atoms with Gasteiger partial charge < -0.3 is 14.8 Å². The van der Waals surface area contributed by atoms with Crippen molar-refractivity contribution >= 4 is 25.9 Å². The lowest BCUT2D eigenvalue weighted by atomic mass is 9.91. The van der Waals surface area contributed by atoms with Gasteiger partial charge in [0, 0.05) is 15.0 Å². The Bertz CT molecular complexity index is 470. The lowest BCUT2D eigenvalue weighted by Gasteiger charge is -2.29. The number of nitrogens with one attached hydrogen (secondary N) is 1. The van der Waals surface area contributed by atoms with Gasteiger partial charge in [-0.05, 0) is 26.7 Å². The molecule has 1 amide bonds. The van der Waals surface area contributed by atoms with Gasteiger partial charge in [0.05, 0.1) is 13.2 Å². The first kappa shape index (κ1) is 26.6. The first-order chi connectivity index (χ1) is 13.1. The molecule has 164 valence electrons. The molecular formula is C21H41NO5Si. The molecule has 0 aromatic rings. The maximum absolute atomic E-state index is 12.5. The van der Waals surface area contributed by atoms with Gasteiger partial charge >= 0.3 is 11.9 Å². The predicted molar refractivity (Wildman–Crippen MR) is 115 cm³/mol. The molecular weight excluding hydrogens is 374 g/mol. The molecule has 0 unspecified atom stereocenters. The summed E-state index contributed by atoms with van der Waals surface area (Å²) in [6.45, 7) is 12.1. The minimum Gasteiger partial charge on any atom is -0.464 e. The SMILES string of the molecule is CCOC(=O)C(CCCCCCCCC[Si](C)(C)C)(NC(C)=O)C(=O)OCC. The van der Waals surface area contributed by atoms with Gasteiger partial charge in [-0.15, -0.1) is 0 Å². The molecule has 0 saturated heterocycles. The molecule has 0 aliphatic carbocycles. The third-order valence-electron chi connectivity index (χ3n) is 4.62. The highest BCUT2D eigenvalue weighted by molar-refractivity contribution is 6.76. The smallest absolute Gasteiger partial charge is 0.343 e. The molecule has 0 aromatic carbocycles. The number of hydrogen-bond acceptors (Lipinski definition) is 5. The van der Waals surface area contributed by atoms with Gasteiger partial charge in [0.1, 0.15) is 0 Å². The third-order valence-corrected chi connectivity index (χ3v) is 6.47. The van der Waals surface area contributed by atoms with Gasteiger partial charge in [0.15, 0.2) is 0 Å². The average molecular weight is 416 g/mol. The molecule has 7 heteroatoms. The van der Waals surface area contributed by atoms with E-state index in [4.69, 9.17) is 9.47 Å². The maximum atomic E-state index is 12.5. The number of carbonyl (C=O) groups excluding carboxylic acids is 3. The number of carbonyl (C=O) groups is 3. The predicted octanol–water partition coefficient (Wildman–Crippen LogP) is 4.45. The zero-order valence-electron chi connectivity index (χ0n) is 18.8. The first-order valence-corrected chi connectivity index (χ1v) is 14.4. The van der Waals surface area contributed by atoms with Crippen molar-refractivity contribution in [1.29, 1.82) is 0 Å². The van der Waals surface area contributed by atoms with E-state index in [1.807, 2.05) is 0 Å². The summed E-state index contributed by atoms with van der Waals surface area (Å²) < 4.78 is 10.1. The summed E-state index contributed by atoms with van der Waals surface area (Å²) in [4.78, 5) is 36.7. The molecule has 0 aromatic heterocycles. The zero-order valence-corrected chi connectivity index (χ0v) is 19.8. The Morgan fingerprint density at radius 3 is 1.61 bits per heavy atom. The van der Waals surface area contributed by atoms with Crippen molar-refractivity contribution in [2.45, 2.75) is 103 Å². The second-order valence-electron chi connectivity index (χ2n) is 8.56. The van der Waals surface area contributed by atoms with Crippen molar-refractivity contribution in [3.63, 3.8) is 0 Å². The molecule has 0 spiro atoms. The molecule has 0 atom stereocenters. The topological polar surface area (TPSA) is 81.7 Å². The molecule has 0 saturated carbocycles. The fraction of sp³-hybridized carbons (Fsp3) is 0.857. The first-order valence-electron chi connectivity index (χ1n) is 10.7. The summed E-state index contributed by atoms with van der Waals surface area (Å²) in [5.41, 5.74) is -1.74. The second kappa shape index (κ2) is 13.7. The maximum Gasteiger partial charge on any atom is 0.343 e. The minimum absolute atomic E-state index is 0.136. The summed E-state index contributed by atoms with van der Waals surface area (Å²) in [7, 11) is -0.930. The third kappa shape index (κ3) is 10.8. The lowest BCUT2D eigenvalue weighted by molar-refractivity contribution is -0.168. The molecule has 0 radical (unpaired) electrons. The Morgan fingerprint density at radius 2 is 1.21 bits per heavy atom. The van der Waals surface area contributed by atoms with E-state index in [0.29, 0.717) is 6.42 Å². The van der Waals surface area contributed by atoms with Gasteiger partial charge in [0.2, 0.25) is 11.4 Å². The fourth-order valence-corrected chi connectivity index (χ4v) is 4.50. The largest absolute Gasteiger partial charge is 0.464 e. The summed E-state index contributed by atoms with van der Waals surface area (Å²) in [5, 5.41) is 2.51. The highest BCUT2D eigenvalue weighted by Crippen LogP contribution is 2.22. The van der Waals surface area contributed by atoms with Crippen LogP contribution in [0.5, 0.6) is 0 Å². The van der Waals surface area contributed by atoms with Crippen molar-refractivity contribution < 1.29 is 23.9 Å². The fourth-order valence-electron chi connectivity index (χ4n) is 3.19. The van der Waals surface area contributed by atoms with E-state index in [0.717, 1.165) is 19.3 Å². The van der Waals surface area contributed by atoms with Crippen LogP contribution in [0, 0.1) is 0 Å². The van der Waals surface area contributed by atoms with Crippen molar-refractivity contribution in [1.82, 2.24) is 5.32 Å². The Kier molecular flexibility index (Phi) is 13.1. The molecule has 0 fully saturated rings. The van der Waals surface area contributed by atoms with E-state index in [1.165, 1.54) is 32.2 Å². The number of rotatable bonds is 15. The molecule has 6 nitrogen and oxygen atoms in total. The highest BCUT2D eigenvalue weighted by atomic mass is 28.3. The van der Waals surface area contributed by atoms with E-state index in [9.17, 15) is 14.4 Å². The van der Waals surface area contributed by atoms with E-state index in [-0.39, 0.29) is 19.6 Å². The summed E-state index contributed by atoms with van der Waals surface area (Å²) in [6, 6.07) is 1.38.